The number of benzene rings is 2. The molecule has 0 saturated carbocycles. The zero-order chi connectivity index (χ0) is 14.5. The van der Waals surface area contributed by atoms with Gasteiger partial charge in [-0.15, -0.1) is 0 Å². The SMILES string of the molecule is COc1cccc(CNC(=O)c2ccc(F)cc2O)c1. The maximum atomic E-state index is 12.8. The van der Waals surface area contributed by atoms with E-state index in [0.29, 0.717) is 5.75 Å². The summed E-state index contributed by atoms with van der Waals surface area (Å²) in [4.78, 5) is 11.9. The number of phenolic OH excluding ortho intramolecular Hbond substituents is 1. The maximum Gasteiger partial charge on any atom is 0.255 e. The van der Waals surface area contributed by atoms with Crippen LogP contribution in [0.3, 0.4) is 0 Å². The molecule has 0 spiro atoms. The Bertz CT molecular complexity index is 628. The molecule has 0 saturated heterocycles. The van der Waals surface area contributed by atoms with Crippen LogP contribution < -0.4 is 10.1 Å². The van der Waals surface area contributed by atoms with Gasteiger partial charge in [-0.3, -0.25) is 4.79 Å². The van der Waals surface area contributed by atoms with Gasteiger partial charge in [0.05, 0.1) is 12.7 Å². The second kappa shape index (κ2) is 6.06. The summed E-state index contributed by atoms with van der Waals surface area (Å²) >= 11 is 0. The Morgan fingerprint density at radius 3 is 2.80 bits per heavy atom. The molecule has 0 radical (unpaired) electrons. The summed E-state index contributed by atoms with van der Waals surface area (Å²) in [5.74, 6) is -0.744. The Morgan fingerprint density at radius 1 is 1.30 bits per heavy atom. The van der Waals surface area contributed by atoms with Crippen LogP contribution in [-0.2, 0) is 6.54 Å². The van der Waals surface area contributed by atoms with Gasteiger partial charge in [-0.1, -0.05) is 12.1 Å². The average Bonchev–Trinajstić information content (AvgIpc) is 2.45. The molecule has 0 heterocycles. The molecule has 2 rings (SSSR count). The van der Waals surface area contributed by atoms with Crippen molar-refractivity contribution in [1.82, 2.24) is 5.32 Å². The number of amides is 1. The first-order valence-corrected chi connectivity index (χ1v) is 6.00. The van der Waals surface area contributed by atoms with E-state index in [4.69, 9.17) is 4.74 Å². The molecule has 2 aromatic rings. The van der Waals surface area contributed by atoms with Crippen LogP contribution in [0.2, 0.25) is 0 Å². The van der Waals surface area contributed by atoms with Gasteiger partial charge >= 0.3 is 0 Å². The highest BCUT2D eigenvalue weighted by Gasteiger charge is 2.11. The van der Waals surface area contributed by atoms with Gasteiger partial charge in [0.15, 0.2) is 0 Å². The highest BCUT2D eigenvalue weighted by atomic mass is 19.1. The zero-order valence-electron chi connectivity index (χ0n) is 10.9. The summed E-state index contributed by atoms with van der Waals surface area (Å²) in [5.41, 5.74) is 0.897. The van der Waals surface area contributed by atoms with Crippen molar-refractivity contribution >= 4 is 5.91 Å². The summed E-state index contributed by atoms with van der Waals surface area (Å²) < 4.78 is 17.9. The van der Waals surface area contributed by atoms with Crippen molar-refractivity contribution < 1.29 is 19.0 Å². The first kappa shape index (κ1) is 13.9. The van der Waals surface area contributed by atoms with E-state index in [1.54, 1.807) is 19.2 Å². The largest absolute Gasteiger partial charge is 0.507 e. The molecule has 20 heavy (non-hydrogen) atoms. The smallest absolute Gasteiger partial charge is 0.255 e. The Hall–Kier alpha value is -2.56. The van der Waals surface area contributed by atoms with Crippen LogP contribution in [0, 0.1) is 5.82 Å². The number of halogens is 1. The van der Waals surface area contributed by atoms with Gasteiger partial charge in [-0.25, -0.2) is 4.39 Å². The monoisotopic (exact) mass is 275 g/mol. The molecule has 5 heteroatoms. The van der Waals surface area contributed by atoms with Crippen molar-refractivity contribution in [2.24, 2.45) is 0 Å². The Balaban J connectivity index is 2.04. The molecule has 104 valence electrons. The summed E-state index contributed by atoms with van der Waals surface area (Å²) in [6, 6.07) is 10.5. The third-order valence-electron chi connectivity index (χ3n) is 2.79. The Morgan fingerprint density at radius 2 is 2.10 bits per heavy atom. The standard InChI is InChI=1S/C15H14FNO3/c1-20-12-4-2-3-10(7-12)9-17-15(19)13-6-5-11(16)8-14(13)18/h2-8,18H,9H2,1H3,(H,17,19). The second-order valence-corrected chi connectivity index (χ2v) is 4.20. The molecule has 2 N–H and O–H groups in total. The highest BCUT2D eigenvalue weighted by molar-refractivity contribution is 5.96. The van der Waals surface area contributed by atoms with Crippen LogP contribution in [0.5, 0.6) is 11.5 Å². The van der Waals surface area contributed by atoms with Crippen LogP contribution >= 0.6 is 0 Å². The minimum Gasteiger partial charge on any atom is -0.507 e. The van der Waals surface area contributed by atoms with E-state index in [1.165, 1.54) is 6.07 Å². The molecule has 0 bridgehead atoms. The van der Waals surface area contributed by atoms with Crippen LogP contribution in [0.15, 0.2) is 42.5 Å². The molecule has 2 aromatic carbocycles. The molecule has 0 atom stereocenters. The van der Waals surface area contributed by atoms with E-state index in [2.05, 4.69) is 5.32 Å². The lowest BCUT2D eigenvalue weighted by Crippen LogP contribution is -2.22. The van der Waals surface area contributed by atoms with E-state index >= 15 is 0 Å². The second-order valence-electron chi connectivity index (χ2n) is 4.20. The van der Waals surface area contributed by atoms with Crippen molar-refractivity contribution in [3.05, 3.63) is 59.4 Å². The molecule has 4 nitrogen and oxygen atoms in total. The van der Waals surface area contributed by atoms with E-state index in [0.717, 1.165) is 17.7 Å². The number of phenols is 1. The fraction of sp³-hybridized carbons (Fsp3) is 0.133. The molecule has 0 aliphatic heterocycles. The van der Waals surface area contributed by atoms with E-state index in [1.807, 2.05) is 12.1 Å². The van der Waals surface area contributed by atoms with Crippen molar-refractivity contribution in [3.63, 3.8) is 0 Å². The van der Waals surface area contributed by atoms with Crippen molar-refractivity contribution in [1.29, 1.82) is 0 Å². The molecular formula is C15H14FNO3. The van der Waals surface area contributed by atoms with Crippen LogP contribution in [0.1, 0.15) is 15.9 Å². The zero-order valence-corrected chi connectivity index (χ0v) is 10.9. The number of carbonyl (C=O) groups is 1. The summed E-state index contributed by atoms with van der Waals surface area (Å²) in [6.07, 6.45) is 0. The quantitative estimate of drug-likeness (QED) is 0.901. The molecule has 1 amide bonds. The van der Waals surface area contributed by atoms with Crippen LogP contribution in [0.25, 0.3) is 0 Å². The number of hydrogen-bond donors (Lipinski definition) is 2. The van der Waals surface area contributed by atoms with E-state index in [9.17, 15) is 14.3 Å². The minimum absolute atomic E-state index is 0.0364. The number of nitrogens with one attached hydrogen (secondary N) is 1. The minimum atomic E-state index is -0.591. The summed E-state index contributed by atoms with van der Waals surface area (Å²) in [5, 5.41) is 12.2. The van der Waals surface area contributed by atoms with Crippen molar-refractivity contribution in [2.75, 3.05) is 7.11 Å². The van der Waals surface area contributed by atoms with Gasteiger partial charge in [0, 0.05) is 12.6 Å². The molecule has 0 aliphatic carbocycles. The molecule has 0 aliphatic rings. The van der Waals surface area contributed by atoms with E-state index in [-0.39, 0.29) is 17.9 Å². The number of aromatic hydroxyl groups is 1. The summed E-state index contributed by atoms with van der Waals surface area (Å²) in [7, 11) is 1.56. The topological polar surface area (TPSA) is 58.6 Å². The third kappa shape index (κ3) is 3.26. The predicted molar refractivity (Wildman–Crippen MR) is 72.2 cm³/mol. The number of methoxy groups -OCH3 is 1. The van der Waals surface area contributed by atoms with Crippen molar-refractivity contribution in [3.8, 4) is 11.5 Å². The number of hydrogen-bond acceptors (Lipinski definition) is 3. The third-order valence-corrected chi connectivity index (χ3v) is 2.79. The first-order valence-electron chi connectivity index (χ1n) is 6.00. The number of carbonyl (C=O) groups excluding carboxylic acids is 1. The molecule has 0 aromatic heterocycles. The molecule has 0 unspecified atom stereocenters. The van der Waals surface area contributed by atoms with Crippen molar-refractivity contribution in [2.45, 2.75) is 6.54 Å². The van der Waals surface area contributed by atoms with Crippen LogP contribution in [-0.4, -0.2) is 18.1 Å². The van der Waals surface area contributed by atoms with Gasteiger partial charge in [0.1, 0.15) is 17.3 Å². The van der Waals surface area contributed by atoms with Gasteiger partial charge in [0.2, 0.25) is 0 Å². The van der Waals surface area contributed by atoms with Gasteiger partial charge in [-0.05, 0) is 29.8 Å². The first-order chi connectivity index (χ1) is 9.60. The molecular weight excluding hydrogens is 261 g/mol. The lowest BCUT2D eigenvalue weighted by molar-refractivity contribution is 0.0948. The summed E-state index contributed by atoms with van der Waals surface area (Å²) in [6.45, 7) is 0.285. The maximum absolute atomic E-state index is 12.8. The van der Waals surface area contributed by atoms with Gasteiger partial charge in [0.25, 0.3) is 5.91 Å². The Labute approximate surface area is 115 Å². The average molecular weight is 275 g/mol. The van der Waals surface area contributed by atoms with E-state index < -0.39 is 11.7 Å². The molecule has 0 fully saturated rings. The lowest BCUT2D eigenvalue weighted by Gasteiger charge is -2.08. The van der Waals surface area contributed by atoms with Crippen LogP contribution in [0.4, 0.5) is 4.39 Å². The Kier molecular flexibility index (Phi) is 4.20. The predicted octanol–water partition coefficient (Wildman–Crippen LogP) is 2.47. The highest BCUT2D eigenvalue weighted by Crippen LogP contribution is 2.18. The van der Waals surface area contributed by atoms with Gasteiger partial charge < -0.3 is 15.2 Å². The fourth-order valence-electron chi connectivity index (χ4n) is 1.76. The number of ether oxygens (including phenoxy) is 1. The lowest BCUT2D eigenvalue weighted by atomic mass is 10.1. The number of rotatable bonds is 4. The fourth-order valence-corrected chi connectivity index (χ4v) is 1.76. The van der Waals surface area contributed by atoms with Gasteiger partial charge in [-0.2, -0.15) is 0 Å². The normalized spacial score (nSPS) is 10.1.